The minimum atomic E-state index is -1.30. The van der Waals surface area contributed by atoms with Crippen LogP contribution in [0.4, 0.5) is 11.4 Å². The van der Waals surface area contributed by atoms with Crippen LogP contribution in [0.15, 0.2) is 55.1 Å². The van der Waals surface area contributed by atoms with Crippen LogP contribution in [-0.2, 0) is 12.1 Å². The Bertz CT molecular complexity index is 1070. The number of non-ortho nitro benzene ring substituents is 1. The lowest BCUT2D eigenvalue weighted by Crippen LogP contribution is -2.52. The Morgan fingerprint density at radius 3 is 2.38 bits per heavy atom. The summed E-state index contributed by atoms with van der Waals surface area (Å²) >= 11 is 12.5. The molecule has 4 rings (SSSR count). The lowest BCUT2D eigenvalue weighted by molar-refractivity contribution is -0.384. The van der Waals surface area contributed by atoms with Gasteiger partial charge in [0.15, 0.2) is 0 Å². The number of nitro benzene ring substituents is 1. The summed E-state index contributed by atoms with van der Waals surface area (Å²) in [4.78, 5) is 18.8. The van der Waals surface area contributed by atoms with Crippen molar-refractivity contribution in [2.45, 2.75) is 12.1 Å². The molecular weight excluding hydrogens is 455 g/mol. The Morgan fingerprint density at radius 1 is 1.06 bits per heavy atom. The molecule has 1 aromatic heterocycles. The highest BCUT2D eigenvalue weighted by atomic mass is 35.5. The molecule has 1 saturated heterocycles. The van der Waals surface area contributed by atoms with Crippen LogP contribution in [0.3, 0.4) is 0 Å². The molecule has 9 nitrogen and oxygen atoms in total. The average molecular weight is 477 g/mol. The van der Waals surface area contributed by atoms with Crippen molar-refractivity contribution in [1.82, 2.24) is 19.7 Å². The predicted octanol–water partition coefficient (Wildman–Crippen LogP) is 3.20. The first-order chi connectivity index (χ1) is 15.3. The van der Waals surface area contributed by atoms with Gasteiger partial charge in [0.2, 0.25) is 0 Å². The molecule has 0 aliphatic carbocycles. The van der Waals surface area contributed by atoms with Gasteiger partial charge < -0.3 is 10.0 Å². The fourth-order valence-corrected chi connectivity index (χ4v) is 4.57. The van der Waals surface area contributed by atoms with Crippen molar-refractivity contribution in [1.29, 1.82) is 0 Å². The third kappa shape index (κ3) is 5.02. The van der Waals surface area contributed by atoms with Gasteiger partial charge >= 0.3 is 0 Å². The van der Waals surface area contributed by atoms with Crippen LogP contribution >= 0.6 is 23.2 Å². The van der Waals surface area contributed by atoms with E-state index in [1.807, 2.05) is 0 Å². The summed E-state index contributed by atoms with van der Waals surface area (Å²) in [6.45, 7) is 3.42. The summed E-state index contributed by atoms with van der Waals surface area (Å²) in [6, 6.07) is 11.6. The zero-order valence-electron chi connectivity index (χ0n) is 17.1. The van der Waals surface area contributed by atoms with Crippen molar-refractivity contribution in [3.63, 3.8) is 0 Å². The molecule has 0 radical (unpaired) electrons. The van der Waals surface area contributed by atoms with E-state index in [1.54, 1.807) is 41.3 Å². The maximum atomic E-state index is 11.7. The Kier molecular flexibility index (Phi) is 6.61. The molecule has 1 unspecified atom stereocenters. The molecule has 32 heavy (non-hydrogen) atoms. The van der Waals surface area contributed by atoms with E-state index in [2.05, 4.69) is 19.9 Å². The van der Waals surface area contributed by atoms with Crippen LogP contribution < -0.4 is 4.90 Å². The van der Waals surface area contributed by atoms with Gasteiger partial charge in [0.25, 0.3) is 5.69 Å². The van der Waals surface area contributed by atoms with E-state index in [4.69, 9.17) is 23.2 Å². The van der Waals surface area contributed by atoms with Crippen LogP contribution in [0.1, 0.15) is 5.56 Å². The summed E-state index contributed by atoms with van der Waals surface area (Å²) in [5.74, 6) is 0. The largest absolute Gasteiger partial charge is 0.382 e. The Hall–Kier alpha value is -2.72. The van der Waals surface area contributed by atoms with E-state index in [9.17, 15) is 15.2 Å². The second-order valence-electron chi connectivity index (χ2n) is 7.79. The zero-order valence-corrected chi connectivity index (χ0v) is 18.7. The number of aromatic nitrogens is 3. The standard InChI is InChI=1S/C21H22Cl2N6O3/c22-16-1-6-19(20(23)11-16)21(30,13-28-15-24-14-25-28)12-26-7-9-27(10-8-26)17-2-4-18(5-3-17)29(31)32/h1-6,11,14-15,30H,7-10,12-13H2. The van der Waals surface area contributed by atoms with Gasteiger partial charge in [-0.1, -0.05) is 29.3 Å². The highest BCUT2D eigenvalue weighted by Gasteiger charge is 2.35. The van der Waals surface area contributed by atoms with Crippen LogP contribution in [-0.4, -0.2) is 62.4 Å². The van der Waals surface area contributed by atoms with Gasteiger partial charge in [-0.2, -0.15) is 5.10 Å². The van der Waals surface area contributed by atoms with Crippen molar-refractivity contribution in [3.8, 4) is 0 Å². The van der Waals surface area contributed by atoms with Gasteiger partial charge in [-0.15, -0.1) is 0 Å². The summed E-state index contributed by atoms with van der Waals surface area (Å²) < 4.78 is 1.58. The lowest BCUT2D eigenvalue weighted by atomic mass is 9.92. The second-order valence-corrected chi connectivity index (χ2v) is 8.63. The minimum absolute atomic E-state index is 0.0744. The molecule has 3 aromatic rings. The van der Waals surface area contributed by atoms with Gasteiger partial charge in [0.05, 0.1) is 11.5 Å². The molecule has 1 aliphatic heterocycles. The first-order valence-electron chi connectivity index (χ1n) is 10.1. The van der Waals surface area contributed by atoms with Crippen molar-refractivity contribution in [2.75, 3.05) is 37.6 Å². The number of piperazine rings is 1. The third-order valence-electron chi connectivity index (χ3n) is 5.61. The molecule has 0 amide bonds. The Balaban J connectivity index is 1.48. The molecule has 1 atom stereocenters. The molecule has 0 spiro atoms. The van der Waals surface area contributed by atoms with E-state index in [-0.39, 0.29) is 12.2 Å². The third-order valence-corrected chi connectivity index (χ3v) is 6.15. The molecule has 0 bridgehead atoms. The van der Waals surface area contributed by atoms with Gasteiger partial charge in [-0.3, -0.25) is 15.0 Å². The summed E-state index contributed by atoms with van der Waals surface area (Å²) in [6.07, 6.45) is 2.98. The van der Waals surface area contributed by atoms with Crippen molar-refractivity contribution in [3.05, 3.63) is 80.8 Å². The summed E-state index contributed by atoms with van der Waals surface area (Å²) in [7, 11) is 0. The zero-order chi connectivity index (χ0) is 22.7. The number of benzene rings is 2. The van der Waals surface area contributed by atoms with Crippen LogP contribution in [0, 0.1) is 10.1 Å². The number of hydrogen-bond acceptors (Lipinski definition) is 7. The molecule has 11 heteroatoms. The quantitative estimate of drug-likeness (QED) is 0.412. The monoisotopic (exact) mass is 476 g/mol. The predicted molar refractivity (Wildman–Crippen MR) is 122 cm³/mol. The molecule has 168 valence electrons. The maximum Gasteiger partial charge on any atom is 0.269 e. The molecule has 1 aliphatic rings. The van der Waals surface area contributed by atoms with E-state index < -0.39 is 10.5 Å². The van der Waals surface area contributed by atoms with Crippen LogP contribution in [0.2, 0.25) is 10.0 Å². The van der Waals surface area contributed by atoms with Crippen molar-refractivity contribution < 1.29 is 10.0 Å². The SMILES string of the molecule is O=[N+]([O-])c1ccc(N2CCN(CC(O)(Cn3cncn3)c3ccc(Cl)cc3Cl)CC2)cc1. The highest BCUT2D eigenvalue weighted by molar-refractivity contribution is 6.35. The first kappa shape index (κ1) is 22.5. The Labute approximate surface area is 194 Å². The number of aliphatic hydroxyl groups is 1. The number of nitro groups is 1. The molecule has 1 fully saturated rings. The molecule has 1 N–H and O–H groups in total. The second kappa shape index (κ2) is 9.41. The summed E-state index contributed by atoms with van der Waals surface area (Å²) in [5.41, 5.74) is 0.293. The normalized spacial score (nSPS) is 16.7. The first-order valence-corrected chi connectivity index (χ1v) is 10.8. The number of hydrogen-bond donors (Lipinski definition) is 1. The maximum absolute atomic E-state index is 11.7. The number of nitrogens with zero attached hydrogens (tertiary/aromatic N) is 6. The van der Waals surface area contributed by atoms with Crippen LogP contribution in [0.5, 0.6) is 0 Å². The molecule has 0 saturated carbocycles. The van der Waals surface area contributed by atoms with Gasteiger partial charge in [-0.05, 0) is 24.3 Å². The molecular formula is C21H22Cl2N6O3. The Morgan fingerprint density at radius 2 is 1.78 bits per heavy atom. The van der Waals surface area contributed by atoms with Gasteiger partial charge in [-0.25, -0.2) is 9.67 Å². The fourth-order valence-electron chi connectivity index (χ4n) is 3.99. The highest BCUT2D eigenvalue weighted by Crippen LogP contribution is 2.33. The van der Waals surface area contributed by atoms with Crippen molar-refractivity contribution in [2.24, 2.45) is 0 Å². The number of halogens is 2. The molecule has 2 heterocycles. The smallest absolute Gasteiger partial charge is 0.269 e. The topological polar surface area (TPSA) is 101 Å². The fraction of sp³-hybridized carbons (Fsp3) is 0.333. The van der Waals surface area contributed by atoms with Gasteiger partial charge in [0.1, 0.15) is 18.3 Å². The van der Waals surface area contributed by atoms with Gasteiger partial charge in [0, 0.05) is 66.2 Å². The summed E-state index contributed by atoms with van der Waals surface area (Å²) in [5, 5.41) is 27.6. The number of β-amino-alcohol motifs (C(OH)–C–C–N with tert-alkyl or cyclic N) is 1. The lowest BCUT2D eigenvalue weighted by Gasteiger charge is -2.40. The van der Waals surface area contributed by atoms with E-state index in [0.717, 1.165) is 18.8 Å². The van der Waals surface area contributed by atoms with Crippen molar-refractivity contribution >= 4 is 34.6 Å². The molecule has 2 aromatic carbocycles. The van der Waals surface area contributed by atoms with E-state index in [0.29, 0.717) is 35.2 Å². The number of anilines is 1. The van der Waals surface area contributed by atoms with E-state index >= 15 is 0 Å². The van der Waals surface area contributed by atoms with Crippen LogP contribution in [0.25, 0.3) is 0 Å². The average Bonchev–Trinajstić information content (AvgIpc) is 3.27. The number of rotatable bonds is 7. The van der Waals surface area contributed by atoms with E-state index in [1.165, 1.54) is 18.5 Å². The minimum Gasteiger partial charge on any atom is -0.382 e.